The second-order valence-electron chi connectivity index (χ2n) is 9.45. The smallest absolute Gasteiger partial charge is 0.322 e. The number of benzene rings is 2. The minimum absolute atomic E-state index is 0.0838. The molecule has 0 atom stereocenters. The molecule has 3 amide bonds. The number of hydrogen-bond donors (Lipinski definition) is 1. The molecule has 1 aromatic heterocycles. The second-order valence-corrected chi connectivity index (χ2v) is 9.45. The average Bonchev–Trinajstić information content (AvgIpc) is 3.65. The van der Waals surface area contributed by atoms with Crippen molar-refractivity contribution in [1.29, 1.82) is 0 Å². The molecule has 0 unspecified atom stereocenters. The van der Waals surface area contributed by atoms with Gasteiger partial charge in [-0.2, -0.15) is 0 Å². The number of nitrogens with zero attached hydrogens (tertiary/aromatic N) is 3. The van der Waals surface area contributed by atoms with E-state index in [1.54, 1.807) is 23.1 Å². The number of nitrogens with one attached hydrogen (secondary N) is 1. The van der Waals surface area contributed by atoms with Crippen molar-refractivity contribution in [2.45, 2.75) is 13.1 Å². The zero-order valence-corrected chi connectivity index (χ0v) is 21.8. The van der Waals surface area contributed by atoms with E-state index >= 15 is 0 Å². The van der Waals surface area contributed by atoms with Gasteiger partial charge in [-0.25, -0.2) is 13.6 Å². The summed E-state index contributed by atoms with van der Waals surface area (Å²) in [6, 6.07) is 11.5. The molecule has 2 aromatic carbocycles. The molecule has 0 radical (unpaired) electrons. The van der Waals surface area contributed by atoms with Gasteiger partial charge in [0.2, 0.25) is 12.7 Å². The van der Waals surface area contributed by atoms with E-state index in [1.807, 2.05) is 12.1 Å². The van der Waals surface area contributed by atoms with Crippen LogP contribution in [0.5, 0.6) is 11.5 Å². The van der Waals surface area contributed by atoms with Crippen LogP contribution in [0.1, 0.15) is 11.3 Å². The molecule has 10 nitrogen and oxygen atoms in total. The maximum atomic E-state index is 13.8. The Hall–Kier alpha value is -4.16. The van der Waals surface area contributed by atoms with Gasteiger partial charge in [0.05, 0.1) is 26.0 Å². The maximum Gasteiger partial charge on any atom is 0.322 e. The fourth-order valence-electron chi connectivity index (χ4n) is 4.46. The highest BCUT2D eigenvalue weighted by Gasteiger charge is 2.25. The minimum Gasteiger partial charge on any atom is -0.467 e. The lowest BCUT2D eigenvalue weighted by molar-refractivity contribution is -0.133. The van der Waals surface area contributed by atoms with E-state index in [9.17, 15) is 18.4 Å². The van der Waals surface area contributed by atoms with E-state index in [0.29, 0.717) is 50.1 Å². The first kappa shape index (κ1) is 27.4. The lowest BCUT2D eigenvalue weighted by atomic mass is 10.2. The zero-order valence-electron chi connectivity index (χ0n) is 21.8. The fourth-order valence-corrected chi connectivity index (χ4v) is 4.46. The molecule has 12 heteroatoms. The zero-order chi connectivity index (χ0) is 27.9. The molecule has 3 heterocycles. The van der Waals surface area contributed by atoms with Crippen molar-refractivity contribution >= 4 is 17.6 Å². The summed E-state index contributed by atoms with van der Waals surface area (Å²) in [6.45, 7) is 3.66. The quantitative estimate of drug-likeness (QED) is 0.407. The van der Waals surface area contributed by atoms with Crippen LogP contribution < -0.4 is 14.8 Å². The van der Waals surface area contributed by atoms with Gasteiger partial charge in [-0.15, -0.1) is 0 Å². The van der Waals surface area contributed by atoms with Gasteiger partial charge in [0.25, 0.3) is 0 Å². The molecule has 5 rings (SSSR count). The van der Waals surface area contributed by atoms with Gasteiger partial charge in [-0.05, 0) is 42.0 Å². The van der Waals surface area contributed by atoms with Crippen LogP contribution in [0.3, 0.4) is 0 Å². The Kier molecular flexibility index (Phi) is 8.77. The third-order valence-corrected chi connectivity index (χ3v) is 6.66. The molecule has 40 heavy (non-hydrogen) atoms. The van der Waals surface area contributed by atoms with E-state index in [4.69, 9.17) is 18.6 Å². The van der Waals surface area contributed by atoms with Gasteiger partial charge < -0.3 is 33.7 Å². The Labute approximate surface area is 230 Å². The van der Waals surface area contributed by atoms with Gasteiger partial charge in [0.15, 0.2) is 23.1 Å². The van der Waals surface area contributed by atoms with E-state index < -0.39 is 17.7 Å². The van der Waals surface area contributed by atoms with E-state index in [0.717, 1.165) is 17.7 Å². The number of fused-ring (bicyclic) bond motifs is 1. The summed E-state index contributed by atoms with van der Waals surface area (Å²) in [6.07, 6.45) is 1.53. The highest BCUT2D eigenvalue weighted by molar-refractivity contribution is 5.92. The van der Waals surface area contributed by atoms with Crippen LogP contribution in [0.15, 0.2) is 59.2 Å². The van der Waals surface area contributed by atoms with Gasteiger partial charge in [0.1, 0.15) is 12.3 Å². The molecular formula is C28H30F2N4O6. The molecule has 1 saturated heterocycles. The first-order valence-electron chi connectivity index (χ1n) is 12.9. The Morgan fingerprint density at radius 2 is 1.75 bits per heavy atom. The van der Waals surface area contributed by atoms with E-state index in [2.05, 4.69) is 10.2 Å². The van der Waals surface area contributed by atoms with Crippen molar-refractivity contribution in [2.24, 2.45) is 0 Å². The van der Waals surface area contributed by atoms with Crippen LogP contribution in [0.4, 0.5) is 19.3 Å². The molecule has 0 saturated carbocycles. The van der Waals surface area contributed by atoms with Gasteiger partial charge >= 0.3 is 6.03 Å². The van der Waals surface area contributed by atoms with Crippen molar-refractivity contribution < 1.29 is 37.0 Å². The van der Waals surface area contributed by atoms with Crippen LogP contribution >= 0.6 is 0 Å². The topological polar surface area (TPSA) is 96.7 Å². The average molecular weight is 557 g/mol. The summed E-state index contributed by atoms with van der Waals surface area (Å²) >= 11 is 0. The number of amides is 3. The summed E-state index contributed by atoms with van der Waals surface area (Å²) in [7, 11) is 0. The highest BCUT2D eigenvalue weighted by atomic mass is 19.2. The Morgan fingerprint density at radius 1 is 0.925 bits per heavy atom. The maximum absolute atomic E-state index is 13.8. The number of halogens is 2. The van der Waals surface area contributed by atoms with Crippen LogP contribution in [0.25, 0.3) is 0 Å². The lowest BCUT2D eigenvalue weighted by Gasteiger charge is -2.31. The molecule has 0 spiro atoms. The van der Waals surface area contributed by atoms with Crippen molar-refractivity contribution in [2.75, 3.05) is 58.0 Å². The lowest BCUT2D eigenvalue weighted by Crippen LogP contribution is -2.48. The number of rotatable bonds is 10. The van der Waals surface area contributed by atoms with Crippen molar-refractivity contribution in [1.82, 2.24) is 14.7 Å². The number of urea groups is 1. The van der Waals surface area contributed by atoms with Crippen LogP contribution in [-0.4, -0.2) is 79.4 Å². The predicted octanol–water partition coefficient (Wildman–Crippen LogP) is 3.68. The third-order valence-electron chi connectivity index (χ3n) is 6.66. The molecule has 3 aromatic rings. The van der Waals surface area contributed by atoms with E-state index in [-0.39, 0.29) is 44.6 Å². The van der Waals surface area contributed by atoms with Gasteiger partial charge in [-0.1, -0.05) is 6.07 Å². The van der Waals surface area contributed by atoms with Crippen molar-refractivity contribution in [3.63, 3.8) is 0 Å². The van der Waals surface area contributed by atoms with Crippen LogP contribution in [0, 0.1) is 11.6 Å². The number of anilines is 1. The van der Waals surface area contributed by atoms with Crippen molar-refractivity contribution in [3.05, 3.63) is 77.8 Å². The fraction of sp³-hybridized carbons (Fsp3) is 0.357. The number of morpholine rings is 1. The molecule has 2 aliphatic heterocycles. The minimum atomic E-state index is -1.08. The number of carbonyl (C=O) groups is 2. The SMILES string of the molecule is O=C(CN(CCN1CCOCC1)C(=O)Nc1ccc(F)c(F)c1)N(Cc1ccc2c(c1)OCO2)Cc1ccco1. The monoisotopic (exact) mass is 556 g/mol. The Morgan fingerprint density at radius 3 is 2.52 bits per heavy atom. The first-order valence-corrected chi connectivity index (χ1v) is 12.9. The van der Waals surface area contributed by atoms with E-state index in [1.165, 1.54) is 17.2 Å². The Balaban J connectivity index is 1.32. The van der Waals surface area contributed by atoms with Crippen LogP contribution in [-0.2, 0) is 22.6 Å². The Bertz CT molecular complexity index is 1320. The predicted molar refractivity (Wildman–Crippen MR) is 140 cm³/mol. The number of furan rings is 1. The summed E-state index contributed by atoms with van der Waals surface area (Å²) in [5.74, 6) is -0.606. The third kappa shape index (κ3) is 7.07. The summed E-state index contributed by atoms with van der Waals surface area (Å²) in [4.78, 5) is 32.1. The number of carbonyl (C=O) groups excluding carboxylic acids is 2. The first-order chi connectivity index (χ1) is 19.4. The number of ether oxygens (including phenoxy) is 3. The molecular weight excluding hydrogens is 526 g/mol. The molecule has 1 N–H and O–H groups in total. The highest BCUT2D eigenvalue weighted by Crippen LogP contribution is 2.33. The molecule has 212 valence electrons. The normalized spacial score (nSPS) is 14.7. The number of hydrogen-bond acceptors (Lipinski definition) is 7. The molecule has 1 fully saturated rings. The second kappa shape index (κ2) is 12.8. The van der Waals surface area contributed by atoms with Gasteiger partial charge in [0, 0.05) is 44.5 Å². The standard InChI is InChI=1S/C28H30F2N4O6/c29-23-5-4-21(15-24(23)30)31-28(36)33(8-7-32-9-12-37-13-10-32)18-27(35)34(17-22-2-1-11-38-22)16-20-3-6-25-26(14-20)40-19-39-25/h1-6,11,14-15H,7-10,12-13,16-19H2,(H,31,36). The molecule has 0 aliphatic carbocycles. The largest absolute Gasteiger partial charge is 0.467 e. The summed E-state index contributed by atoms with van der Waals surface area (Å²) in [5, 5.41) is 2.58. The summed E-state index contributed by atoms with van der Waals surface area (Å²) in [5.41, 5.74) is 0.899. The molecule has 0 bridgehead atoms. The van der Waals surface area contributed by atoms with Gasteiger partial charge in [-0.3, -0.25) is 9.69 Å². The van der Waals surface area contributed by atoms with Crippen molar-refractivity contribution in [3.8, 4) is 11.5 Å². The molecule has 2 aliphatic rings. The summed E-state index contributed by atoms with van der Waals surface area (Å²) < 4.78 is 48.9. The van der Waals surface area contributed by atoms with Crippen LogP contribution in [0.2, 0.25) is 0 Å².